The third kappa shape index (κ3) is 3.97. The molecule has 3 aromatic rings. The average molecular weight is 498 g/mol. The van der Waals surface area contributed by atoms with Crippen LogP contribution in [-0.2, 0) is 4.74 Å². The number of nitro groups is 1. The van der Waals surface area contributed by atoms with Crippen molar-refractivity contribution in [2.24, 2.45) is 0 Å². The van der Waals surface area contributed by atoms with E-state index >= 15 is 0 Å². The Balaban J connectivity index is 1.41. The number of nitrogens with one attached hydrogen (secondary N) is 1. The number of nitro benzene ring substituents is 1. The lowest BCUT2D eigenvalue weighted by Crippen LogP contribution is -3.14. The van der Waals surface area contributed by atoms with E-state index in [-0.39, 0.29) is 16.7 Å². The Kier molecular flexibility index (Phi) is 5.82. The maximum Gasteiger partial charge on any atom is 0.270 e. The maximum absolute atomic E-state index is 11.3. The minimum absolute atomic E-state index is 0.0719. The van der Waals surface area contributed by atoms with Crippen LogP contribution in [0.3, 0.4) is 0 Å². The number of non-ortho nitro benzene ring substituents is 1. The number of rotatable bonds is 5. The van der Waals surface area contributed by atoms with E-state index < -0.39 is 0 Å². The van der Waals surface area contributed by atoms with Crippen LogP contribution in [0.15, 0.2) is 70.9 Å². The van der Waals surface area contributed by atoms with Gasteiger partial charge >= 0.3 is 0 Å². The second-order valence-electron chi connectivity index (χ2n) is 7.80. The van der Waals surface area contributed by atoms with E-state index in [0.717, 1.165) is 45.4 Å². The van der Waals surface area contributed by atoms with E-state index in [1.807, 2.05) is 36.4 Å². The van der Waals surface area contributed by atoms with Crippen molar-refractivity contribution in [2.45, 2.75) is 6.04 Å². The normalized spacial score (nSPS) is 19.7. The van der Waals surface area contributed by atoms with E-state index in [0.29, 0.717) is 25.6 Å². The first-order chi connectivity index (χ1) is 15.6. The number of fused-ring (bicyclic) bond motifs is 2. The van der Waals surface area contributed by atoms with Crippen molar-refractivity contribution >= 4 is 32.4 Å². The molecule has 1 N–H and O–H groups in total. The fourth-order valence-corrected chi connectivity index (χ4v) is 4.96. The van der Waals surface area contributed by atoms with Crippen LogP contribution >= 0.6 is 15.9 Å². The molecule has 164 valence electrons. The molecular formula is C24H22BrN2O5+. The smallest absolute Gasteiger partial charge is 0.270 e. The Bertz CT molecular complexity index is 1210. The molecule has 1 fully saturated rings. The number of benzene rings is 3. The van der Waals surface area contributed by atoms with Crippen molar-refractivity contribution in [1.82, 2.24) is 0 Å². The molecule has 0 aliphatic carbocycles. The van der Waals surface area contributed by atoms with Crippen LogP contribution in [0.1, 0.15) is 11.6 Å². The number of nitrogens with zero attached hydrogens (tertiary/aromatic N) is 1. The van der Waals surface area contributed by atoms with Gasteiger partial charge in [-0.05, 0) is 44.9 Å². The highest BCUT2D eigenvalue weighted by atomic mass is 79.9. The molecule has 5 rings (SSSR count). The minimum Gasteiger partial charge on any atom is -0.488 e. The van der Waals surface area contributed by atoms with E-state index in [9.17, 15) is 10.1 Å². The van der Waals surface area contributed by atoms with Crippen LogP contribution in [0.5, 0.6) is 11.5 Å². The maximum atomic E-state index is 11.3. The van der Waals surface area contributed by atoms with Crippen molar-refractivity contribution in [1.29, 1.82) is 0 Å². The molecule has 0 radical (unpaired) electrons. The summed E-state index contributed by atoms with van der Waals surface area (Å²) in [6.45, 7) is 3.26. The molecule has 3 aromatic carbocycles. The summed E-state index contributed by atoms with van der Waals surface area (Å²) in [5.41, 5.74) is 0.914. The van der Waals surface area contributed by atoms with Gasteiger partial charge in [-0.2, -0.15) is 0 Å². The molecule has 32 heavy (non-hydrogen) atoms. The van der Waals surface area contributed by atoms with Gasteiger partial charge in [0, 0.05) is 12.1 Å². The molecule has 0 spiro atoms. The Hall–Kier alpha value is -2.94. The lowest BCUT2D eigenvalue weighted by molar-refractivity contribution is -0.933. The summed E-state index contributed by atoms with van der Waals surface area (Å²) in [4.78, 5) is 12.2. The third-order valence-corrected chi connectivity index (χ3v) is 6.74. The summed E-state index contributed by atoms with van der Waals surface area (Å²) in [7, 11) is 0. The summed E-state index contributed by atoms with van der Waals surface area (Å²) in [6, 6.07) is 16.8. The molecule has 7 nitrogen and oxygen atoms in total. The molecule has 1 saturated heterocycles. The number of morpholine rings is 1. The summed E-state index contributed by atoms with van der Waals surface area (Å²) in [6.07, 6.45) is 1.93. The van der Waals surface area contributed by atoms with Crippen LogP contribution < -0.4 is 14.4 Å². The fourth-order valence-electron chi connectivity index (χ4n) is 4.35. The number of ether oxygens (including phenoxy) is 3. The molecule has 0 aromatic heterocycles. The highest BCUT2D eigenvalue weighted by molar-refractivity contribution is 9.10. The van der Waals surface area contributed by atoms with Gasteiger partial charge in [0.05, 0.1) is 28.2 Å². The van der Waals surface area contributed by atoms with Crippen molar-refractivity contribution in [3.8, 4) is 11.5 Å². The molecule has 0 amide bonds. The topological polar surface area (TPSA) is 75.3 Å². The lowest BCUT2D eigenvalue weighted by atomic mass is 10.0. The second kappa shape index (κ2) is 8.90. The lowest BCUT2D eigenvalue weighted by Gasteiger charge is -2.29. The average Bonchev–Trinajstić information content (AvgIpc) is 3.18. The summed E-state index contributed by atoms with van der Waals surface area (Å²) < 4.78 is 18.6. The van der Waals surface area contributed by atoms with E-state index in [4.69, 9.17) is 14.2 Å². The van der Waals surface area contributed by atoms with Gasteiger partial charge < -0.3 is 19.1 Å². The van der Waals surface area contributed by atoms with Crippen LogP contribution in [0.4, 0.5) is 5.69 Å². The zero-order valence-electron chi connectivity index (χ0n) is 17.3. The molecule has 8 heteroatoms. The highest BCUT2D eigenvalue weighted by Gasteiger charge is 2.39. The second-order valence-corrected chi connectivity index (χ2v) is 8.59. The van der Waals surface area contributed by atoms with Gasteiger partial charge in [0.15, 0.2) is 11.8 Å². The molecule has 2 aliphatic rings. The van der Waals surface area contributed by atoms with Crippen LogP contribution in [0, 0.1) is 10.1 Å². The first kappa shape index (κ1) is 20.9. The number of quaternary nitrogens is 1. The molecule has 1 atom stereocenters. The fraction of sp³-hybridized carbons (Fsp3) is 0.250. The van der Waals surface area contributed by atoms with Gasteiger partial charge in [0.25, 0.3) is 5.69 Å². The molecule has 0 unspecified atom stereocenters. The SMILES string of the molecule is O=[N+]([O-])c1ccc2c(c1)[C@H]([NH+]1CCOCC1)/C(=C\COc1ccc3ccccc3c1Br)O2. The summed E-state index contributed by atoms with van der Waals surface area (Å²) in [5.74, 6) is 2.18. The van der Waals surface area contributed by atoms with E-state index in [1.165, 1.54) is 11.0 Å². The van der Waals surface area contributed by atoms with E-state index in [1.54, 1.807) is 12.1 Å². The molecule has 0 bridgehead atoms. The zero-order valence-corrected chi connectivity index (χ0v) is 18.8. The molecular weight excluding hydrogens is 476 g/mol. The summed E-state index contributed by atoms with van der Waals surface area (Å²) in [5, 5.41) is 13.5. The quantitative estimate of drug-likeness (QED) is 0.428. The predicted octanol–water partition coefficient (Wildman–Crippen LogP) is 3.82. The van der Waals surface area contributed by atoms with Crippen molar-refractivity contribution in [3.05, 3.63) is 86.6 Å². The van der Waals surface area contributed by atoms with Crippen molar-refractivity contribution in [2.75, 3.05) is 32.9 Å². The Morgan fingerprint density at radius 3 is 2.78 bits per heavy atom. The number of hydrogen-bond acceptors (Lipinski definition) is 5. The Labute approximate surface area is 193 Å². The first-order valence-electron chi connectivity index (χ1n) is 10.5. The first-order valence-corrected chi connectivity index (χ1v) is 11.3. The van der Waals surface area contributed by atoms with E-state index in [2.05, 4.69) is 22.0 Å². The van der Waals surface area contributed by atoms with Crippen molar-refractivity contribution < 1.29 is 24.0 Å². The van der Waals surface area contributed by atoms with Gasteiger partial charge in [-0.1, -0.05) is 30.3 Å². The van der Waals surface area contributed by atoms with Gasteiger partial charge in [-0.15, -0.1) is 0 Å². The summed E-state index contributed by atoms with van der Waals surface area (Å²) >= 11 is 3.66. The third-order valence-electron chi connectivity index (χ3n) is 5.92. The van der Waals surface area contributed by atoms with Crippen LogP contribution in [0.2, 0.25) is 0 Å². The highest BCUT2D eigenvalue weighted by Crippen LogP contribution is 2.40. The zero-order chi connectivity index (χ0) is 22.1. The number of hydrogen-bond donors (Lipinski definition) is 1. The largest absolute Gasteiger partial charge is 0.488 e. The molecule has 2 aliphatic heterocycles. The van der Waals surface area contributed by atoms with Crippen LogP contribution in [0.25, 0.3) is 10.8 Å². The monoisotopic (exact) mass is 497 g/mol. The van der Waals surface area contributed by atoms with Gasteiger partial charge in [0.1, 0.15) is 31.2 Å². The predicted molar refractivity (Wildman–Crippen MR) is 123 cm³/mol. The van der Waals surface area contributed by atoms with Crippen LogP contribution in [-0.4, -0.2) is 37.8 Å². The molecule has 0 saturated carbocycles. The van der Waals surface area contributed by atoms with Crippen molar-refractivity contribution in [3.63, 3.8) is 0 Å². The Morgan fingerprint density at radius 2 is 1.97 bits per heavy atom. The van der Waals surface area contributed by atoms with Gasteiger partial charge in [-0.3, -0.25) is 10.1 Å². The Morgan fingerprint density at radius 1 is 1.16 bits per heavy atom. The van der Waals surface area contributed by atoms with Gasteiger partial charge in [-0.25, -0.2) is 0 Å². The molecule has 2 heterocycles. The minimum atomic E-state index is -0.367. The standard InChI is InChI=1S/C24H21BrN2O5/c25-23-18-4-2-1-3-16(18)5-7-21(23)31-12-9-22-24(26-10-13-30-14-11-26)19-15-17(27(28)29)6-8-20(19)32-22/h1-9,15,24H,10-14H2/p+1/b22-9+/t24-/m0/s1. The van der Waals surface area contributed by atoms with Gasteiger partial charge in [0.2, 0.25) is 0 Å². The number of halogens is 1.